The largest absolute Gasteiger partial charge is 0.382 e. The lowest BCUT2D eigenvalue weighted by Crippen LogP contribution is -2.00. The van der Waals surface area contributed by atoms with Crippen LogP contribution in [0.5, 0.6) is 0 Å². The Morgan fingerprint density at radius 2 is 2.06 bits per heavy atom. The molecule has 0 saturated heterocycles. The molecule has 2 aromatic rings. The molecule has 0 aliphatic heterocycles. The second-order valence-corrected chi connectivity index (χ2v) is 4.99. The molecule has 0 radical (unpaired) electrons. The highest BCUT2D eigenvalue weighted by molar-refractivity contribution is 5.78. The second-order valence-electron chi connectivity index (χ2n) is 4.99. The molecule has 0 saturated carbocycles. The van der Waals surface area contributed by atoms with Gasteiger partial charge in [-0.2, -0.15) is 5.10 Å². The van der Waals surface area contributed by atoms with Gasteiger partial charge in [-0.3, -0.25) is 5.10 Å². The number of nitrogens with one attached hydrogen (secondary N) is 1. The van der Waals surface area contributed by atoms with Crippen molar-refractivity contribution in [3.05, 3.63) is 35.5 Å². The molecule has 1 aromatic heterocycles. The van der Waals surface area contributed by atoms with Crippen molar-refractivity contribution in [2.75, 3.05) is 5.73 Å². The smallest absolute Gasteiger partial charge is 0.153 e. The van der Waals surface area contributed by atoms with Crippen LogP contribution in [0.2, 0.25) is 0 Å². The molecule has 0 aliphatic rings. The van der Waals surface area contributed by atoms with Gasteiger partial charge in [-0.1, -0.05) is 44.5 Å². The Labute approximate surface area is 108 Å². The molecule has 3 nitrogen and oxygen atoms in total. The molecule has 3 N–H and O–H groups in total. The molecule has 2 rings (SSSR count). The zero-order chi connectivity index (χ0) is 13.1. The van der Waals surface area contributed by atoms with E-state index in [9.17, 15) is 0 Å². The Hall–Kier alpha value is -1.77. The summed E-state index contributed by atoms with van der Waals surface area (Å²) in [5.74, 6) is 1.23. The number of H-pyrrole nitrogens is 1. The summed E-state index contributed by atoms with van der Waals surface area (Å²) in [5.41, 5.74) is 10.7. The van der Waals surface area contributed by atoms with E-state index in [2.05, 4.69) is 43.1 Å². The minimum Gasteiger partial charge on any atom is -0.382 e. The van der Waals surface area contributed by atoms with E-state index in [1.54, 1.807) is 0 Å². The minimum atomic E-state index is 0.600. The lowest BCUT2D eigenvalue weighted by atomic mass is 9.95. The number of aromatic nitrogens is 2. The number of rotatable bonds is 4. The van der Waals surface area contributed by atoms with E-state index in [-0.39, 0.29) is 0 Å². The number of aryl methyl sites for hydroxylation is 1. The van der Waals surface area contributed by atoms with Crippen molar-refractivity contribution < 1.29 is 0 Å². The fraction of sp³-hybridized carbons (Fsp3) is 0.400. The van der Waals surface area contributed by atoms with Crippen LogP contribution in [0.1, 0.15) is 31.5 Å². The molecule has 0 bridgehead atoms. The fourth-order valence-corrected chi connectivity index (χ4v) is 2.19. The second kappa shape index (κ2) is 5.25. The van der Waals surface area contributed by atoms with Gasteiger partial charge in [-0.25, -0.2) is 0 Å². The molecule has 3 heteroatoms. The summed E-state index contributed by atoms with van der Waals surface area (Å²) < 4.78 is 0. The number of nitrogen functional groups attached to an aromatic ring is 1. The van der Waals surface area contributed by atoms with Crippen molar-refractivity contribution in [3.63, 3.8) is 0 Å². The average molecular weight is 243 g/mol. The Morgan fingerprint density at radius 1 is 1.33 bits per heavy atom. The first-order valence-electron chi connectivity index (χ1n) is 6.52. The van der Waals surface area contributed by atoms with Crippen molar-refractivity contribution in [1.82, 2.24) is 10.2 Å². The number of nitrogens with two attached hydrogens (primary N) is 1. The number of anilines is 1. The summed E-state index contributed by atoms with van der Waals surface area (Å²) in [4.78, 5) is 0. The third kappa shape index (κ3) is 2.40. The van der Waals surface area contributed by atoms with Crippen molar-refractivity contribution in [2.24, 2.45) is 5.92 Å². The summed E-state index contributed by atoms with van der Waals surface area (Å²) in [7, 11) is 0. The Balaban J connectivity index is 2.44. The van der Waals surface area contributed by atoms with Crippen LogP contribution < -0.4 is 5.73 Å². The van der Waals surface area contributed by atoms with Crippen molar-refractivity contribution in [3.8, 4) is 11.1 Å². The molecule has 1 aromatic carbocycles. The van der Waals surface area contributed by atoms with Gasteiger partial charge in [0.05, 0.1) is 0 Å². The van der Waals surface area contributed by atoms with E-state index < -0.39 is 0 Å². The highest BCUT2D eigenvalue weighted by atomic mass is 15.2. The molecule has 0 aliphatic carbocycles. The normalized spacial score (nSPS) is 12.6. The van der Waals surface area contributed by atoms with Gasteiger partial charge in [0, 0.05) is 11.3 Å². The van der Waals surface area contributed by atoms with Crippen molar-refractivity contribution in [1.29, 1.82) is 0 Å². The topological polar surface area (TPSA) is 54.7 Å². The van der Waals surface area contributed by atoms with Crippen LogP contribution in [-0.4, -0.2) is 10.2 Å². The van der Waals surface area contributed by atoms with E-state index in [1.807, 2.05) is 12.1 Å². The summed E-state index contributed by atoms with van der Waals surface area (Å²) >= 11 is 0. The van der Waals surface area contributed by atoms with Gasteiger partial charge in [0.25, 0.3) is 0 Å². The molecule has 0 spiro atoms. The summed E-state index contributed by atoms with van der Waals surface area (Å²) in [6.45, 7) is 6.56. The molecule has 18 heavy (non-hydrogen) atoms. The van der Waals surface area contributed by atoms with Crippen molar-refractivity contribution in [2.45, 2.75) is 33.6 Å². The molecular formula is C15H21N3. The van der Waals surface area contributed by atoms with Crippen LogP contribution in [0.15, 0.2) is 24.3 Å². The predicted octanol–water partition coefficient (Wildman–Crippen LogP) is 3.56. The summed E-state index contributed by atoms with van der Waals surface area (Å²) in [5, 5.41) is 7.26. The van der Waals surface area contributed by atoms with Crippen LogP contribution in [0.4, 0.5) is 5.82 Å². The van der Waals surface area contributed by atoms with Crippen molar-refractivity contribution >= 4 is 5.82 Å². The van der Waals surface area contributed by atoms with Crippen LogP contribution >= 0.6 is 0 Å². The third-order valence-electron chi connectivity index (χ3n) is 3.53. The Bertz CT molecular complexity index is 528. The maximum atomic E-state index is 6.02. The average Bonchev–Trinajstić information content (AvgIpc) is 2.71. The van der Waals surface area contributed by atoms with E-state index in [0.717, 1.165) is 24.1 Å². The number of hydrogen-bond donors (Lipinski definition) is 2. The quantitative estimate of drug-likeness (QED) is 0.862. The highest BCUT2D eigenvalue weighted by Gasteiger charge is 2.16. The first-order chi connectivity index (χ1) is 8.63. The van der Waals surface area contributed by atoms with Crippen LogP contribution in [0, 0.1) is 12.8 Å². The first kappa shape index (κ1) is 12.7. The summed E-state index contributed by atoms with van der Waals surface area (Å²) in [6.07, 6.45) is 2.15. The molecule has 96 valence electrons. The molecule has 0 fully saturated rings. The van der Waals surface area contributed by atoms with Gasteiger partial charge >= 0.3 is 0 Å². The van der Waals surface area contributed by atoms with Crippen LogP contribution in [-0.2, 0) is 6.42 Å². The first-order valence-corrected chi connectivity index (χ1v) is 6.52. The third-order valence-corrected chi connectivity index (χ3v) is 3.53. The number of nitrogens with zero attached hydrogens (tertiary/aromatic N) is 1. The van der Waals surface area contributed by atoms with Crippen LogP contribution in [0.25, 0.3) is 11.1 Å². The van der Waals surface area contributed by atoms with Gasteiger partial charge in [0.1, 0.15) is 0 Å². The van der Waals surface area contributed by atoms with Crippen LogP contribution in [0.3, 0.4) is 0 Å². The SMILES string of the molecule is CCC(C)Cc1[nH]nc(N)c1-c1ccccc1C. The maximum absolute atomic E-state index is 6.02. The Morgan fingerprint density at radius 3 is 2.72 bits per heavy atom. The maximum Gasteiger partial charge on any atom is 0.153 e. The van der Waals surface area contributed by atoms with Gasteiger partial charge < -0.3 is 5.73 Å². The Kier molecular flexibility index (Phi) is 3.70. The highest BCUT2D eigenvalue weighted by Crippen LogP contribution is 2.31. The van der Waals surface area contributed by atoms with E-state index >= 15 is 0 Å². The van der Waals surface area contributed by atoms with E-state index in [0.29, 0.717) is 11.7 Å². The van der Waals surface area contributed by atoms with Gasteiger partial charge in [-0.15, -0.1) is 0 Å². The zero-order valence-corrected chi connectivity index (χ0v) is 11.3. The standard InChI is InChI=1S/C15H21N3/c1-4-10(2)9-13-14(15(16)18-17-13)12-8-6-5-7-11(12)3/h5-8,10H,4,9H2,1-3H3,(H3,16,17,18). The lowest BCUT2D eigenvalue weighted by molar-refractivity contribution is 0.552. The molecule has 0 amide bonds. The van der Waals surface area contributed by atoms with Gasteiger partial charge in [-0.05, 0) is 30.4 Å². The lowest BCUT2D eigenvalue weighted by Gasteiger charge is -2.10. The monoisotopic (exact) mass is 243 g/mol. The molecular weight excluding hydrogens is 222 g/mol. The summed E-state index contributed by atoms with van der Waals surface area (Å²) in [6, 6.07) is 8.30. The number of hydrogen-bond acceptors (Lipinski definition) is 2. The minimum absolute atomic E-state index is 0.600. The molecule has 1 atom stereocenters. The number of benzene rings is 1. The zero-order valence-electron chi connectivity index (χ0n) is 11.3. The van der Waals surface area contributed by atoms with Gasteiger partial charge in [0.2, 0.25) is 0 Å². The predicted molar refractivity (Wildman–Crippen MR) is 76.3 cm³/mol. The molecule has 1 unspecified atom stereocenters. The number of aromatic amines is 1. The fourth-order valence-electron chi connectivity index (χ4n) is 2.19. The van der Waals surface area contributed by atoms with Gasteiger partial charge in [0.15, 0.2) is 5.82 Å². The van der Waals surface area contributed by atoms with E-state index in [4.69, 9.17) is 5.73 Å². The molecule has 1 heterocycles. The van der Waals surface area contributed by atoms with E-state index in [1.165, 1.54) is 11.1 Å².